The second kappa shape index (κ2) is 7.04. The summed E-state index contributed by atoms with van der Waals surface area (Å²) in [4.78, 5) is 0. The number of hydrogen-bond donors (Lipinski definition) is 1. The van der Waals surface area contributed by atoms with E-state index in [9.17, 15) is 0 Å². The van der Waals surface area contributed by atoms with Crippen molar-refractivity contribution in [3.63, 3.8) is 0 Å². The smallest absolute Gasteiger partial charge is 0.125 e. The van der Waals surface area contributed by atoms with Gasteiger partial charge < -0.3 is 10.1 Å². The molecule has 0 radical (unpaired) electrons. The van der Waals surface area contributed by atoms with Crippen LogP contribution in [0.4, 0.5) is 0 Å². The monoisotopic (exact) mass is 317 g/mol. The van der Waals surface area contributed by atoms with E-state index in [1.165, 1.54) is 0 Å². The Morgan fingerprint density at radius 3 is 2.82 bits per heavy atom. The fourth-order valence-corrected chi connectivity index (χ4v) is 1.66. The zero-order valence-electron chi connectivity index (χ0n) is 10.1. The maximum Gasteiger partial charge on any atom is 0.125 e. The lowest BCUT2D eigenvalue weighted by Crippen LogP contribution is -2.22. The molecular formula is C13H17BrClNO. The van der Waals surface area contributed by atoms with Crippen LogP contribution in [0.25, 0.3) is 0 Å². The topological polar surface area (TPSA) is 21.3 Å². The number of rotatable bonds is 6. The van der Waals surface area contributed by atoms with E-state index in [4.69, 9.17) is 16.3 Å². The van der Waals surface area contributed by atoms with Gasteiger partial charge in [0, 0.05) is 27.7 Å². The lowest BCUT2D eigenvalue weighted by atomic mass is 10.2. The van der Waals surface area contributed by atoms with Crippen LogP contribution in [0.3, 0.4) is 0 Å². The highest BCUT2D eigenvalue weighted by Gasteiger charge is 2.08. The first-order valence-electron chi connectivity index (χ1n) is 5.47. The lowest BCUT2D eigenvalue weighted by Gasteiger charge is -2.14. The minimum absolute atomic E-state index is 0.408. The van der Waals surface area contributed by atoms with Gasteiger partial charge in [-0.1, -0.05) is 54.0 Å². The van der Waals surface area contributed by atoms with Crippen LogP contribution in [0.5, 0.6) is 5.75 Å². The Labute approximate surface area is 116 Å². The molecule has 0 heterocycles. The van der Waals surface area contributed by atoms with Gasteiger partial charge in [0.05, 0.1) is 0 Å². The molecule has 0 atom stereocenters. The van der Waals surface area contributed by atoms with Crippen LogP contribution in [-0.4, -0.2) is 12.6 Å². The van der Waals surface area contributed by atoms with Crippen LogP contribution in [0.2, 0.25) is 5.02 Å². The van der Waals surface area contributed by atoms with Crippen molar-refractivity contribution in [2.24, 2.45) is 0 Å². The van der Waals surface area contributed by atoms with E-state index < -0.39 is 0 Å². The predicted octanol–water partition coefficient (Wildman–Crippen LogP) is 4.13. The summed E-state index contributed by atoms with van der Waals surface area (Å²) in [6.45, 7) is 9.06. The van der Waals surface area contributed by atoms with Crippen LogP contribution in [0, 0.1) is 0 Å². The largest absolute Gasteiger partial charge is 0.488 e. The van der Waals surface area contributed by atoms with Crippen molar-refractivity contribution in [3.8, 4) is 5.75 Å². The van der Waals surface area contributed by atoms with Gasteiger partial charge in [0.25, 0.3) is 0 Å². The first kappa shape index (κ1) is 14.6. The molecule has 94 valence electrons. The van der Waals surface area contributed by atoms with Crippen molar-refractivity contribution in [2.45, 2.75) is 26.4 Å². The van der Waals surface area contributed by atoms with Crippen molar-refractivity contribution in [3.05, 3.63) is 39.8 Å². The van der Waals surface area contributed by atoms with Gasteiger partial charge in [-0.15, -0.1) is 0 Å². The zero-order chi connectivity index (χ0) is 12.8. The van der Waals surface area contributed by atoms with Gasteiger partial charge in [-0.2, -0.15) is 0 Å². The molecular weight excluding hydrogens is 302 g/mol. The quantitative estimate of drug-likeness (QED) is 0.851. The SMILES string of the molecule is C=C(Br)COc1cccc(Cl)c1CNC(C)C. The minimum atomic E-state index is 0.408. The van der Waals surface area contributed by atoms with Crippen LogP contribution in [0.1, 0.15) is 19.4 Å². The average Bonchev–Trinajstić information content (AvgIpc) is 2.24. The third kappa shape index (κ3) is 5.11. The summed E-state index contributed by atoms with van der Waals surface area (Å²) in [5.74, 6) is 0.797. The highest BCUT2D eigenvalue weighted by molar-refractivity contribution is 9.11. The number of ether oxygens (including phenoxy) is 1. The molecule has 1 N–H and O–H groups in total. The summed E-state index contributed by atoms with van der Waals surface area (Å²) in [5.41, 5.74) is 0.983. The van der Waals surface area contributed by atoms with E-state index in [0.29, 0.717) is 19.2 Å². The van der Waals surface area contributed by atoms with E-state index in [-0.39, 0.29) is 0 Å². The molecule has 0 saturated heterocycles. The van der Waals surface area contributed by atoms with E-state index in [1.807, 2.05) is 18.2 Å². The fraction of sp³-hybridized carbons (Fsp3) is 0.385. The van der Waals surface area contributed by atoms with E-state index in [1.54, 1.807) is 0 Å². The summed E-state index contributed by atoms with van der Waals surface area (Å²) in [6, 6.07) is 6.08. The first-order chi connectivity index (χ1) is 8.00. The third-order valence-corrected chi connectivity index (χ3v) is 2.73. The fourth-order valence-electron chi connectivity index (χ4n) is 1.31. The van der Waals surface area contributed by atoms with Crippen LogP contribution in [0.15, 0.2) is 29.3 Å². The number of halogens is 2. The molecule has 4 heteroatoms. The van der Waals surface area contributed by atoms with Crippen molar-refractivity contribution in [2.75, 3.05) is 6.61 Å². The molecule has 0 saturated carbocycles. The molecule has 1 aromatic rings. The van der Waals surface area contributed by atoms with Crippen LogP contribution in [-0.2, 0) is 6.54 Å². The highest BCUT2D eigenvalue weighted by Crippen LogP contribution is 2.27. The van der Waals surface area contributed by atoms with Gasteiger partial charge in [0.15, 0.2) is 0 Å². The van der Waals surface area contributed by atoms with Crippen molar-refractivity contribution < 1.29 is 4.74 Å². The number of hydrogen-bond acceptors (Lipinski definition) is 2. The molecule has 0 aromatic heterocycles. The molecule has 0 aliphatic carbocycles. The molecule has 0 spiro atoms. The molecule has 1 aromatic carbocycles. The second-order valence-electron chi connectivity index (χ2n) is 4.06. The molecule has 0 amide bonds. The van der Waals surface area contributed by atoms with Crippen molar-refractivity contribution in [1.29, 1.82) is 0 Å². The van der Waals surface area contributed by atoms with Crippen LogP contribution < -0.4 is 10.1 Å². The Morgan fingerprint density at radius 2 is 2.24 bits per heavy atom. The van der Waals surface area contributed by atoms with Gasteiger partial charge in [-0.3, -0.25) is 0 Å². The molecule has 17 heavy (non-hydrogen) atoms. The number of nitrogens with one attached hydrogen (secondary N) is 1. The van der Waals surface area contributed by atoms with Gasteiger partial charge in [0.2, 0.25) is 0 Å². The molecule has 0 bridgehead atoms. The Kier molecular flexibility index (Phi) is 6.03. The third-order valence-electron chi connectivity index (χ3n) is 2.15. The predicted molar refractivity (Wildman–Crippen MR) is 77.0 cm³/mol. The second-order valence-corrected chi connectivity index (χ2v) is 5.59. The Balaban J connectivity index is 2.80. The summed E-state index contributed by atoms with van der Waals surface area (Å²) >= 11 is 9.44. The normalized spacial score (nSPS) is 10.6. The van der Waals surface area contributed by atoms with Gasteiger partial charge >= 0.3 is 0 Å². The molecule has 0 unspecified atom stereocenters. The zero-order valence-corrected chi connectivity index (χ0v) is 12.4. The van der Waals surface area contributed by atoms with Crippen molar-refractivity contribution >= 4 is 27.5 Å². The maximum absolute atomic E-state index is 6.17. The summed E-state index contributed by atoms with van der Waals surface area (Å²) in [5, 5.41) is 4.05. The molecule has 1 rings (SSSR count). The Bertz CT molecular complexity index is 393. The van der Waals surface area contributed by atoms with Gasteiger partial charge in [-0.05, 0) is 12.1 Å². The van der Waals surface area contributed by atoms with Gasteiger partial charge in [-0.25, -0.2) is 0 Å². The summed E-state index contributed by atoms with van der Waals surface area (Å²) in [6.07, 6.45) is 0. The first-order valence-corrected chi connectivity index (χ1v) is 6.64. The Morgan fingerprint density at radius 1 is 1.53 bits per heavy atom. The minimum Gasteiger partial charge on any atom is -0.488 e. The molecule has 2 nitrogen and oxygen atoms in total. The standard InChI is InChI=1S/C13H17BrClNO/c1-9(2)16-7-11-12(15)5-4-6-13(11)17-8-10(3)14/h4-6,9,16H,3,7-8H2,1-2H3. The van der Waals surface area contributed by atoms with Crippen LogP contribution >= 0.6 is 27.5 Å². The Hall–Kier alpha value is -0.510. The number of benzene rings is 1. The lowest BCUT2D eigenvalue weighted by molar-refractivity contribution is 0.355. The highest BCUT2D eigenvalue weighted by atomic mass is 79.9. The molecule has 0 aliphatic heterocycles. The van der Waals surface area contributed by atoms with E-state index >= 15 is 0 Å². The van der Waals surface area contributed by atoms with E-state index in [0.717, 1.165) is 20.8 Å². The summed E-state index contributed by atoms with van der Waals surface area (Å²) in [7, 11) is 0. The van der Waals surface area contributed by atoms with E-state index in [2.05, 4.69) is 41.7 Å². The molecule has 0 fully saturated rings. The average molecular weight is 319 g/mol. The maximum atomic E-state index is 6.17. The molecule has 0 aliphatic rings. The summed E-state index contributed by atoms with van der Waals surface area (Å²) < 4.78 is 6.45. The van der Waals surface area contributed by atoms with Gasteiger partial charge in [0.1, 0.15) is 12.4 Å². The van der Waals surface area contributed by atoms with Crippen molar-refractivity contribution in [1.82, 2.24) is 5.32 Å².